The summed E-state index contributed by atoms with van der Waals surface area (Å²) >= 11 is 0. The van der Waals surface area contributed by atoms with Gasteiger partial charge in [0.25, 0.3) is 5.91 Å². The van der Waals surface area contributed by atoms with E-state index in [4.69, 9.17) is 0 Å². The summed E-state index contributed by atoms with van der Waals surface area (Å²) in [6.07, 6.45) is 1.58. The Hall–Kier alpha value is -0.900. The average Bonchev–Trinajstić information content (AvgIpc) is 2.12. The fourth-order valence-electron chi connectivity index (χ4n) is 1.19. The molecular weight excluding hydrogens is 180 g/mol. The van der Waals surface area contributed by atoms with E-state index >= 15 is 0 Å². The summed E-state index contributed by atoms with van der Waals surface area (Å²) in [5, 5.41) is 5.43. The van der Waals surface area contributed by atoms with Crippen LogP contribution < -0.4 is 10.6 Å². The predicted octanol–water partition coefficient (Wildman–Crippen LogP) is 0.468. The second kappa shape index (κ2) is 6.54. The van der Waals surface area contributed by atoms with Gasteiger partial charge in [-0.25, -0.2) is 0 Å². The summed E-state index contributed by atoms with van der Waals surface area (Å²) in [7, 11) is 1.70. The number of hydrogen-bond acceptors (Lipinski definition) is 3. The number of carbonyl (C=O) groups excluding carboxylic acids is 2. The molecule has 0 fully saturated rings. The van der Waals surface area contributed by atoms with E-state index in [0.717, 1.165) is 6.42 Å². The molecule has 0 aromatic rings. The first kappa shape index (κ1) is 13.1. The molecule has 82 valence electrons. The SMILES string of the molecule is CCCC(NC)C(=O)C(=O)NC(C)C. The summed E-state index contributed by atoms with van der Waals surface area (Å²) in [4.78, 5) is 22.9. The van der Waals surface area contributed by atoms with Crippen molar-refractivity contribution in [2.45, 2.75) is 45.7 Å². The molecule has 1 unspecified atom stereocenters. The van der Waals surface area contributed by atoms with Crippen molar-refractivity contribution in [3.8, 4) is 0 Å². The first-order valence-corrected chi connectivity index (χ1v) is 5.04. The van der Waals surface area contributed by atoms with Gasteiger partial charge in [-0.15, -0.1) is 0 Å². The number of ketones is 1. The average molecular weight is 200 g/mol. The summed E-state index contributed by atoms with van der Waals surface area (Å²) in [6, 6.07) is -0.343. The Balaban J connectivity index is 4.20. The second-order valence-corrected chi connectivity index (χ2v) is 3.62. The maximum Gasteiger partial charge on any atom is 0.289 e. The highest BCUT2D eigenvalue weighted by molar-refractivity contribution is 6.38. The zero-order chi connectivity index (χ0) is 11.1. The van der Waals surface area contributed by atoms with Crippen LogP contribution in [-0.4, -0.2) is 30.8 Å². The van der Waals surface area contributed by atoms with Crippen molar-refractivity contribution in [1.29, 1.82) is 0 Å². The maximum atomic E-state index is 11.5. The minimum absolute atomic E-state index is 0.00517. The fourth-order valence-corrected chi connectivity index (χ4v) is 1.19. The van der Waals surface area contributed by atoms with Gasteiger partial charge in [0, 0.05) is 6.04 Å². The van der Waals surface area contributed by atoms with Crippen molar-refractivity contribution in [2.24, 2.45) is 0 Å². The lowest BCUT2D eigenvalue weighted by Gasteiger charge is -2.14. The number of Topliss-reactive ketones (excluding diaryl/α,β-unsaturated/α-hetero) is 1. The van der Waals surface area contributed by atoms with Crippen LogP contribution in [0.25, 0.3) is 0 Å². The molecule has 14 heavy (non-hydrogen) atoms. The van der Waals surface area contributed by atoms with Crippen molar-refractivity contribution in [3.05, 3.63) is 0 Å². The normalized spacial score (nSPS) is 12.6. The van der Waals surface area contributed by atoms with Crippen LogP contribution in [0.3, 0.4) is 0 Å². The molecule has 0 saturated carbocycles. The van der Waals surface area contributed by atoms with Crippen LogP contribution in [0.5, 0.6) is 0 Å². The fraction of sp³-hybridized carbons (Fsp3) is 0.800. The largest absolute Gasteiger partial charge is 0.347 e. The summed E-state index contributed by atoms with van der Waals surface area (Å²) in [5.74, 6) is -0.865. The van der Waals surface area contributed by atoms with E-state index in [1.165, 1.54) is 0 Å². The third-order valence-electron chi connectivity index (χ3n) is 1.89. The molecule has 0 aliphatic heterocycles. The van der Waals surface area contributed by atoms with E-state index in [1.54, 1.807) is 7.05 Å². The molecule has 0 aromatic heterocycles. The van der Waals surface area contributed by atoms with Crippen LogP contribution >= 0.6 is 0 Å². The molecule has 0 aromatic carbocycles. The van der Waals surface area contributed by atoms with Crippen molar-refractivity contribution < 1.29 is 9.59 Å². The lowest BCUT2D eigenvalue weighted by atomic mass is 10.1. The minimum atomic E-state index is -0.493. The smallest absolute Gasteiger partial charge is 0.289 e. The van der Waals surface area contributed by atoms with Crippen LogP contribution in [0.2, 0.25) is 0 Å². The van der Waals surface area contributed by atoms with Gasteiger partial charge in [-0.2, -0.15) is 0 Å². The molecule has 0 aliphatic carbocycles. The molecular formula is C10H20N2O2. The number of carbonyl (C=O) groups is 2. The molecule has 0 bridgehead atoms. The highest BCUT2D eigenvalue weighted by Crippen LogP contribution is 1.97. The van der Waals surface area contributed by atoms with Crippen LogP contribution in [0.4, 0.5) is 0 Å². The van der Waals surface area contributed by atoms with E-state index < -0.39 is 5.91 Å². The van der Waals surface area contributed by atoms with Crippen LogP contribution in [0, 0.1) is 0 Å². The monoisotopic (exact) mass is 200 g/mol. The second-order valence-electron chi connectivity index (χ2n) is 3.62. The molecule has 0 rings (SSSR count). The van der Waals surface area contributed by atoms with Crippen molar-refractivity contribution in [3.63, 3.8) is 0 Å². The summed E-state index contributed by atoms with van der Waals surface area (Å²) in [5.41, 5.74) is 0. The van der Waals surface area contributed by atoms with E-state index in [0.29, 0.717) is 6.42 Å². The molecule has 4 nitrogen and oxygen atoms in total. The molecule has 4 heteroatoms. The predicted molar refractivity (Wildman–Crippen MR) is 56.0 cm³/mol. The number of rotatable bonds is 6. The molecule has 0 heterocycles. The third kappa shape index (κ3) is 4.37. The molecule has 0 aliphatic rings. The Morgan fingerprint density at radius 2 is 1.86 bits per heavy atom. The molecule has 0 saturated heterocycles. The quantitative estimate of drug-likeness (QED) is 0.613. The Bertz CT molecular complexity index is 202. The van der Waals surface area contributed by atoms with Gasteiger partial charge in [-0.1, -0.05) is 13.3 Å². The highest BCUT2D eigenvalue weighted by atomic mass is 16.2. The van der Waals surface area contributed by atoms with Crippen molar-refractivity contribution in [2.75, 3.05) is 7.05 Å². The van der Waals surface area contributed by atoms with E-state index in [-0.39, 0.29) is 17.9 Å². The van der Waals surface area contributed by atoms with Gasteiger partial charge in [0.15, 0.2) is 0 Å². The number of likely N-dealkylation sites (N-methyl/N-ethyl adjacent to an activating group) is 1. The molecule has 0 spiro atoms. The lowest BCUT2D eigenvalue weighted by Crippen LogP contribution is -2.45. The van der Waals surface area contributed by atoms with E-state index in [2.05, 4.69) is 10.6 Å². The number of nitrogens with one attached hydrogen (secondary N) is 2. The molecule has 0 radical (unpaired) electrons. The van der Waals surface area contributed by atoms with Gasteiger partial charge in [0.05, 0.1) is 6.04 Å². The lowest BCUT2D eigenvalue weighted by molar-refractivity contribution is -0.139. The Morgan fingerprint density at radius 3 is 2.21 bits per heavy atom. The molecule has 1 amide bonds. The first-order valence-electron chi connectivity index (χ1n) is 5.04. The molecule has 2 N–H and O–H groups in total. The van der Waals surface area contributed by atoms with Crippen LogP contribution in [0.1, 0.15) is 33.6 Å². The third-order valence-corrected chi connectivity index (χ3v) is 1.89. The zero-order valence-electron chi connectivity index (χ0n) is 9.39. The minimum Gasteiger partial charge on any atom is -0.347 e. The van der Waals surface area contributed by atoms with Crippen molar-refractivity contribution in [1.82, 2.24) is 10.6 Å². The zero-order valence-corrected chi connectivity index (χ0v) is 9.39. The van der Waals surface area contributed by atoms with Gasteiger partial charge < -0.3 is 10.6 Å². The van der Waals surface area contributed by atoms with Crippen LogP contribution in [0.15, 0.2) is 0 Å². The van der Waals surface area contributed by atoms with E-state index in [9.17, 15) is 9.59 Å². The van der Waals surface area contributed by atoms with Gasteiger partial charge >= 0.3 is 0 Å². The van der Waals surface area contributed by atoms with Gasteiger partial charge in [0.2, 0.25) is 5.78 Å². The summed E-state index contributed by atoms with van der Waals surface area (Å²) < 4.78 is 0. The Morgan fingerprint density at radius 1 is 1.29 bits per heavy atom. The van der Waals surface area contributed by atoms with Gasteiger partial charge in [-0.05, 0) is 27.3 Å². The highest BCUT2D eigenvalue weighted by Gasteiger charge is 2.22. The Labute approximate surface area is 85.4 Å². The van der Waals surface area contributed by atoms with Gasteiger partial charge in [0.1, 0.15) is 0 Å². The summed E-state index contributed by atoms with van der Waals surface area (Å²) in [6.45, 7) is 5.65. The molecule has 1 atom stereocenters. The first-order chi connectivity index (χ1) is 6.52. The van der Waals surface area contributed by atoms with Gasteiger partial charge in [-0.3, -0.25) is 9.59 Å². The van der Waals surface area contributed by atoms with E-state index in [1.807, 2.05) is 20.8 Å². The Kier molecular flexibility index (Phi) is 6.12. The van der Waals surface area contributed by atoms with Crippen LogP contribution in [-0.2, 0) is 9.59 Å². The maximum absolute atomic E-state index is 11.5. The number of amides is 1. The van der Waals surface area contributed by atoms with Crippen molar-refractivity contribution >= 4 is 11.7 Å². The standard InChI is InChI=1S/C10H20N2O2/c1-5-6-8(11-4)9(13)10(14)12-7(2)3/h7-8,11H,5-6H2,1-4H3,(H,12,14). The number of hydrogen-bond donors (Lipinski definition) is 2. The topological polar surface area (TPSA) is 58.2 Å².